The Morgan fingerprint density at radius 2 is 1.83 bits per heavy atom. The van der Waals surface area contributed by atoms with E-state index in [4.69, 9.17) is 9.26 Å². The van der Waals surface area contributed by atoms with Crippen LogP contribution in [0.25, 0.3) is 23.0 Å². The second-order valence-corrected chi connectivity index (χ2v) is 8.11. The van der Waals surface area contributed by atoms with Crippen LogP contribution < -0.4 is 9.64 Å². The molecule has 0 radical (unpaired) electrons. The minimum absolute atomic E-state index is 0.0624. The molecular formula is C25H23F2N5O3. The number of carbonyl (C=O) groups is 1. The number of hydrogen-bond donors (Lipinski definition) is 0. The number of halogens is 2. The SMILES string of the molecule is COc1ccc(-c2noc(-c3cccn3CC(=O)N3CCN(c4ccccc4F)CC3)n2)cc1F. The smallest absolute Gasteiger partial charge is 0.274 e. The fourth-order valence-corrected chi connectivity index (χ4v) is 4.15. The third-order valence-corrected chi connectivity index (χ3v) is 6.02. The molecule has 0 unspecified atom stereocenters. The van der Waals surface area contributed by atoms with Crippen LogP contribution in [0.3, 0.4) is 0 Å². The summed E-state index contributed by atoms with van der Waals surface area (Å²) in [4.78, 5) is 21.1. The van der Waals surface area contributed by atoms with E-state index in [-0.39, 0.29) is 35.7 Å². The van der Waals surface area contributed by atoms with Gasteiger partial charge in [-0.2, -0.15) is 4.98 Å². The molecule has 0 saturated carbocycles. The first-order chi connectivity index (χ1) is 17.0. The summed E-state index contributed by atoms with van der Waals surface area (Å²) >= 11 is 0. The van der Waals surface area contributed by atoms with Crippen molar-refractivity contribution in [3.8, 4) is 28.7 Å². The van der Waals surface area contributed by atoms with E-state index in [0.29, 0.717) is 43.1 Å². The highest BCUT2D eigenvalue weighted by Crippen LogP contribution is 2.27. The summed E-state index contributed by atoms with van der Waals surface area (Å²) in [6, 6.07) is 14.6. The first-order valence-electron chi connectivity index (χ1n) is 11.1. The van der Waals surface area contributed by atoms with Crippen LogP contribution in [0.2, 0.25) is 0 Å². The number of aromatic nitrogens is 3. The van der Waals surface area contributed by atoms with E-state index in [2.05, 4.69) is 10.1 Å². The lowest BCUT2D eigenvalue weighted by Gasteiger charge is -2.36. The molecule has 2 aromatic heterocycles. The van der Waals surface area contributed by atoms with E-state index in [1.54, 1.807) is 52.1 Å². The summed E-state index contributed by atoms with van der Waals surface area (Å²) in [7, 11) is 1.39. The normalized spacial score (nSPS) is 13.8. The second-order valence-electron chi connectivity index (χ2n) is 8.11. The van der Waals surface area contributed by atoms with Gasteiger partial charge in [-0.1, -0.05) is 17.3 Å². The fraction of sp³-hybridized carbons (Fsp3) is 0.240. The molecule has 0 aliphatic carbocycles. The number of nitrogens with zero attached hydrogens (tertiary/aromatic N) is 5. The summed E-state index contributed by atoms with van der Waals surface area (Å²) in [5, 5.41) is 3.95. The van der Waals surface area contributed by atoms with Crippen LogP contribution in [-0.4, -0.2) is 58.8 Å². The number of amides is 1. The van der Waals surface area contributed by atoms with Crippen LogP contribution in [0.1, 0.15) is 0 Å². The molecule has 0 spiro atoms. The molecule has 1 fully saturated rings. The molecule has 3 heterocycles. The van der Waals surface area contributed by atoms with Gasteiger partial charge >= 0.3 is 0 Å². The molecule has 5 rings (SSSR count). The number of ether oxygens (including phenoxy) is 1. The molecular weight excluding hydrogens is 456 g/mol. The van der Waals surface area contributed by atoms with Gasteiger partial charge in [0.05, 0.1) is 12.8 Å². The van der Waals surface area contributed by atoms with E-state index in [9.17, 15) is 13.6 Å². The first kappa shape index (κ1) is 22.6. The summed E-state index contributed by atoms with van der Waals surface area (Å²) in [5.41, 5.74) is 1.58. The largest absolute Gasteiger partial charge is 0.494 e. The molecule has 1 amide bonds. The molecule has 1 aliphatic heterocycles. The molecule has 2 aromatic carbocycles. The van der Waals surface area contributed by atoms with Gasteiger partial charge in [0.25, 0.3) is 5.89 Å². The van der Waals surface area contributed by atoms with E-state index in [1.165, 1.54) is 25.3 Å². The van der Waals surface area contributed by atoms with Gasteiger partial charge < -0.3 is 23.6 Å². The molecule has 1 saturated heterocycles. The van der Waals surface area contributed by atoms with Gasteiger partial charge in [-0.05, 0) is 42.5 Å². The van der Waals surface area contributed by atoms with Crippen molar-refractivity contribution in [1.82, 2.24) is 19.6 Å². The molecule has 0 N–H and O–H groups in total. The molecule has 0 bridgehead atoms. The summed E-state index contributed by atoms with van der Waals surface area (Å²) in [5.74, 6) is -0.281. The van der Waals surface area contributed by atoms with Gasteiger partial charge in [0, 0.05) is 37.9 Å². The van der Waals surface area contributed by atoms with E-state index < -0.39 is 5.82 Å². The van der Waals surface area contributed by atoms with Crippen LogP contribution in [0.5, 0.6) is 5.75 Å². The van der Waals surface area contributed by atoms with E-state index >= 15 is 0 Å². The van der Waals surface area contributed by atoms with Crippen molar-refractivity contribution in [2.75, 3.05) is 38.2 Å². The minimum atomic E-state index is -0.527. The summed E-state index contributed by atoms with van der Waals surface area (Å²) < 4.78 is 40.2. The maximum absolute atomic E-state index is 14.1. The maximum atomic E-state index is 14.1. The quantitative estimate of drug-likeness (QED) is 0.418. The lowest BCUT2D eigenvalue weighted by Crippen LogP contribution is -2.49. The number of hydrogen-bond acceptors (Lipinski definition) is 6. The lowest BCUT2D eigenvalue weighted by atomic mass is 10.2. The van der Waals surface area contributed by atoms with Crippen molar-refractivity contribution >= 4 is 11.6 Å². The van der Waals surface area contributed by atoms with E-state index in [0.717, 1.165) is 0 Å². The Balaban J connectivity index is 1.25. The Bertz CT molecular complexity index is 1340. The highest BCUT2D eigenvalue weighted by molar-refractivity contribution is 5.77. The average molecular weight is 479 g/mol. The van der Waals surface area contributed by atoms with Crippen LogP contribution in [0, 0.1) is 11.6 Å². The summed E-state index contributed by atoms with van der Waals surface area (Å²) in [6.45, 7) is 2.19. The highest BCUT2D eigenvalue weighted by atomic mass is 19.1. The Morgan fingerprint density at radius 3 is 2.57 bits per heavy atom. The van der Waals surface area contributed by atoms with Gasteiger partial charge in [-0.15, -0.1) is 0 Å². The minimum Gasteiger partial charge on any atom is -0.494 e. The number of benzene rings is 2. The number of anilines is 1. The zero-order valence-electron chi connectivity index (χ0n) is 19.0. The van der Waals surface area contributed by atoms with E-state index in [1.807, 2.05) is 4.90 Å². The zero-order valence-corrected chi connectivity index (χ0v) is 19.0. The van der Waals surface area contributed by atoms with Gasteiger partial charge in [0.1, 0.15) is 18.1 Å². The Labute approximate surface area is 200 Å². The van der Waals surface area contributed by atoms with Crippen molar-refractivity contribution < 1.29 is 22.8 Å². The Morgan fingerprint density at radius 1 is 1.03 bits per heavy atom. The zero-order chi connectivity index (χ0) is 24.4. The monoisotopic (exact) mass is 479 g/mol. The average Bonchev–Trinajstić information content (AvgIpc) is 3.54. The molecule has 180 valence electrons. The van der Waals surface area contributed by atoms with Crippen LogP contribution in [-0.2, 0) is 11.3 Å². The number of piperazine rings is 1. The van der Waals surface area contributed by atoms with Crippen molar-refractivity contribution in [3.63, 3.8) is 0 Å². The Kier molecular flexibility index (Phi) is 6.17. The molecule has 10 heteroatoms. The lowest BCUT2D eigenvalue weighted by molar-refractivity contribution is -0.132. The van der Waals surface area contributed by atoms with Gasteiger partial charge in [-0.25, -0.2) is 8.78 Å². The van der Waals surface area contributed by atoms with Crippen LogP contribution in [0.15, 0.2) is 65.3 Å². The molecule has 35 heavy (non-hydrogen) atoms. The molecule has 1 aliphatic rings. The first-order valence-corrected chi connectivity index (χ1v) is 11.1. The molecule has 4 aromatic rings. The number of methoxy groups -OCH3 is 1. The van der Waals surface area contributed by atoms with Gasteiger partial charge in [0.2, 0.25) is 11.7 Å². The van der Waals surface area contributed by atoms with Crippen LogP contribution >= 0.6 is 0 Å². The third-order valence-electron chi connectivity index (χ3n) is 6.02. The van der Waals surface area contributed by atoms with Gasteiger partial charge in [0.15, 0.2) is 11.6 Å². The topological polar surface area (TPSA) is 76.6 Å². The van der Waals surface area contributed by atoms with Crippen molar-refractivity contribution in [2.24, 2.45) is 0 Å². The number of rotatable bonds is 6. The molecule has 0 atom stereocenters. The van der Waals surface area contributed by atoms with Crippen molar-refractivity contribution in [3.05, 3.63) is 72.4 Å². The van der Waals surface area contributed by atoms with Gasteiger partial charge in [-0.3, -0.25) is 4.79 Å². The predicted molar refractivity (Wildman–Crippen MR) is 125 cm³/mol. The third kappa shape index (κ3) is 4.59. The highest BCUT2D eigenvalue weighted by Gasteiger charge is 2.24. The van der Waals surface area contributed by atoms with Crippen molar-refractivity contribution in [2.45, 2.75) is 6.54 Å². The predicted octanol–water partition coefficient (Wildman–Crippen LogP) is 3.84. The van der Waals surface area contributed by atoms with Crippen LogP contribution in [0.4, 0.5) is 14.5 Å². The Hall–Kier alpha value is -4.21. The number of para-hydroxylation sites is 1. The van der Waals surface area contributed by atoms with Crippen molar-refractivity contribution in [1.29, 1.82) is 0 Å². The molecule has 8 nitrogen and oxygen atoms in total. The number of carbonyl (C=O) groups excluding carboxylic acids is 1. The summed E-state index contributed by atoms with van der Waals surface area (Å²) in [6.07, 6.45) is 1.76. The maximum Gasteiger partial charge on any atom is 0.274 e. The fourth-order valence-electron chi connectivity index (χ4n) is 4.15. The standard InChI is InChI=1S/C25H23F2N5O3/c1-34-22-9-8-17(15-19(22)27)24-28-25(35-29-24)21-7-4-10-32(21)16-23(33)31-13-11-30(12-14-31)20-6-3-2-5-18(20)26/h2-10,15H,11-14,16H2,1H3. The second kappa shape index (κ2) is 9.57.